The number of rotatable bonds is 0. The Morgan fingerprint density at radius 3 is 1.05 bits per heavy atom. The molecule has 19 heavy (non-hydrogen) atoms. The van der Waals surface area contributed by atoms with Gasteiger partial charge in [-0.25, -0.2) is 0 Å². The van der Waals surface area contributed by atoms with Gasteiger partial charge in [0.15, 0.2) is 0 Å². The predicted octanol–water partition coefficient (Wildman–Crippen LogP) is 2.53. The minimum absolute atomic E-state index is 0. The molecule has 2 N–H and O–H groups in total. The molecular weight excluding hydrogens is 355 g/mol. The van der Waals surface area contributed by atoms with Crippen molar-refractivity contribution in [1.29, 1.82) is 0 Å². The average Bonchev–Trinajstić information content (AvgIpc) is 3.08. The monoisotopic (exact) mass is 366 g/mol. The number of aromatic amines is 2. The molecule has 0 aliphatic rings. The first-order valence-electron chi connectivity index (χ1n) is 5.44. The lowest BCUT2D eigenvalue weighted by atomic mass is 10.3. The smallest absolute Gasteiger partial charge is 0.112 e. The second-order valence-corrected chi connectivity index (χ2v) is 3.62. The van der Waals surface area contributed by atoms with E-state index < -0.39 is 0 Å². The number of aromatic nitrogens is 6. The van der Waals surface area contributed by atoms with Crippen LogP contribution in [-0.4, -0.2) is 30.8 Å². The molecule has 0 fully saturated rings. The van der Waals surface area contributed by atoms with Crippen molar-refractivity contribution >= 4 is 46.0 Å². The molecule has 0 bridgehead atoms. The normalized spacial score (nSPS) is 9.68. The van der Waals surface area contributed by atoms with E-state index in [1.54, 1.807) is 0 Å². The van der Waals surface area contributed by atoms with Crippen molar-refractivity contribution < 1.29 is 0 Å². The maximum atomic E-state index is 3.88. The SMILES string of the molecule is I.c1ccc2n[nH]nc2c1.c1ccc2n[nH]nc2c1. The van der Waals surface area contributed by atoms with Gasteiger partial charge < -0.3 is 0 Å². The van der Waals surface area contributed by atoms with Gasteiger partial charge in [0.2, 0.25) is 0 Å². The third-order valence-corrected chi connectivity index (χ3v) is 2.45. The Morgan fingerprint density at radius 2 is 0.789 bits per heavy atom. The van der Waals surface area contributed by atoms with E-state index in [4.69, 9.17) is 0 Å². The highest BCUT2D eigenvalue weighted by Crippen LogP contribution is 2.04. The van der Waals surface area contributed by atoms with E-state index in [1.807, 2.05) is 48.5 Å². The summed E-state index contributed by atoms with van der Waals surface area (Å²) >= 11 is 0. The Morgan fingerprint density at radius 1 is 0.526 bits per heavy atom. The highest BCUT2D eigenvalue weighted by molar-refractivity contribution is 14.0. The van der Waals surface area contributed by atoms with Gasteiger partial charge in [-0.15, -0.1) is 24.0 Å². The van der Waals surface area contributed by atoms with E-state index in [2.05, 4.69) is 30.8 Å². The largest absolute Gasteiger partial charge is 0.197 e. The summed E-state index contributed by atoms with van der Waals surface area (Å²) in [5.41, 5.74) is 3.66. The van der Waals surface area contributed by atoms with Gasteiger partial charge in [0.1, 0.15) is 22.1 Å². The molecule has 0 saturated heterocycles. The third kappa shape index (κ3) is 3.05. The van der Waals surface area contributed by atoms with Gasteiger partial charge in [-0.3, -0.25) is 0 Å². The van der Waals surface area contributed by atoms with Crippen LogP contribution >= 0.6 is 24.0 Å². The van der Waals surface area contributed by atoms with Gasteiger partial charge in [-0.1, -0.05) is 24.3 Å². The van der Waals surface area contributed by atoms with Crippen LogP contribution < -0.4 is 0 Å². The number of fused-ring (bicyclic) bond motifs is 2. The molecule has 6 nitrogen and oxygen atoms in total. The van der Waals surface area contributed by atoms with Crippen LogP contribution in [0.2, 0.25) is 0 Å². The van der Waals surface area contributed by atoms with Gasteiger partial charge in [-0.05, 0) is 24.3 Å². The van der Waals surface area contributed by atoms with Crippen molar-refractivity contribution in [3.63, 3.8) is 0 Å². The van der Waals surface area contributed by atoms with Crippen LogP contribution in [-0.2, 0) is 0 Å². The Bertz CT molecular complexity index is 636. The number of H-pyrrole nitrogens is 2. The van der Waals surface area contributed by atoms with Crippen molar-refractivity contribution in [1.82, 2.24) is 30.8 Å². The molecule has 0 aliphatic carbocycles. The van der Waals surface area contributed by atoms with Crippen molar-refractivity contribution in [3.05, 3.63) is 48.5 Å². The summed E-state index contributed by atoms with van der Waals surface area (Å²) in [6.07, 6.45) is 0. The summed E-state index contributed by atoms with van der Waals surface area (Å²) in [7, 11) is 0. The molecular formula is C12H11IN6. The maximum absolute atomic E-state index is 3.88. The standard InChI is InChI=1S/2C6H5N3.HI/c2*1-2-4-6-5(3-1)7-9-8-6;/h2*1-4H,(H,7,8,9);1H. The lowest BCUT2D eigenvalue weighted by Crippen LogP contribution is -1.63. The molecule has 96 valence electrons. The highest BCUT2D eigenvalue weighted by Gasteiger charge is 1.91. The van der Waals surface area contributed by atoms with Crippen molar-refractivity contribution in [2.45, 2.75) is 0 Å². The van der Waals surface area contributed by atoms with E-state index in [0.717, 1.165) is 22.1 Å². The molecule has 0 atom stereocenters. The van der Waals surface area contributed by atoms with E-state index in [-0.39, 0.29) is 24.0 Å². The number of benzene rings is 2. The van der Waals surface area contributed by atoms with Crippen LogP contribution in [0.25, 0.3) is 22.1 Å². The third-order valence-electron chi connectivity index (χ3n) is 2.45. The van der Waals surface area contributed by atoms with Crippen LogP contribution in [0, 0.1) is 0 Å². The zero-order valence-corrected chi connectivity index (χ0v) is 12.1. The summed E-state index contributed by atoms with van der Waals surface area (Å²) in [4.78, 5) is 0. The number of nitrogens with zero attached hydrogens (tertiary/aromatic N) is 4. The van der Waals surface area contributed by atoms with Crippen LogP contribution in [0.4, 0.5) is 0 Å². The van der Waals surface area contributed by atoms with Gasteiger partial charge in [0.05, 0.1) is 0 Å². The second-order valence-electron chi connectivity index (χ2n) is 3.62. The summed E-state index contributed by atoms with van der Waals surface area (Å²) in [5, 5.41) is 20.6. The molecule has 0 radical (unpaired) electrons. The Hall–Kier alpha value is -2.03. The van der Waals surface area contributed by atoms with Gasteiger partial charge in [0.25, 0.3) is 0 Å². The van der Waals surface area contributed by atoms with Crippen molar-refractivity contribution in [3.8, 4) is 0 Å². The molecule has 7 heteroatoms. The van der Waals surface area contributed by atoms with Gasteiger partial charge in [-0.2, -0.15) is 30.8 Å². The second kappa shape index (κ2) is 6.23. The summed E-state index contributed by atoms with van der Waals surface area (Å²) in [5.74, 6) is 0. The predicted molar refractivity (Wildman–Crippen MR) is 83.2 cm³/mol. The van der Waals surface area contributed by atoms with Gasteiger partial charge >= 0.3 is 0 Å². The van der Waals surface area contributed by atoms with E-state index in [1.165, 1.54) is 0 Å². The van der Waals surface area contributed by atoms with Crippen LogP contribution in [0.1, 0.15) is 0 Å². The van der Waals surface area contributed by atoms with Gasteiger partial charge in [0, 0.05) is 0 Å². The molecule has 0 spiro atoms. The lowest BCUT2D eigenvalue weighted by Gasteiger charge is -1.78. The van der Waals surface area contributed by atoms with Crippen LogP contribution in [0.3, 0.4) is 0 Å². The minimum atomic E-state index is 0. The molecule has 4 rings (SSSR count). The molecule has 2 heterocycles. The maximum Gasteiger partial charge on any atom is 0.112 e. The zero-order chi connectivity index (χ0) is 12.2. The molecule has 2 aromatic carbocycles. The Labute approximate surface area is 125 Å². The van der Waals surface area contributed by atoms with E-state index >= 15 is 0 Å². The first-order valence-corrected chi connectivity index (χ1v) is 5.44. The molecule has 0 aliphatic heterocycles. The first-order chi connectivity index (χ1) is 8.93. The number of halogens is 1. The average molecular weight is 366 g/mol. The fraction of sp³-hybridized carbons (Fsp3) is 0. The number of nitrogens with one attached hydrogen (secondary N) is 2. The summed E-state index contributed by atoms with van der Waals surface area (Å²) < 4.78 is 0. The first kappa shape index (κ1) is 13.4. The summed E-state index contributed by atoms with van der Waals surface area (Å²) in [6.45, 7) is 0. The van der Waals surface area contributed by atoms with E-state index in [9.17, 15) is 0 Å². The topological polar surface area (TPSA) is 83.1 Å². The molecule has 0 amide bonds. The zero-order valence-electron chi connectivity index (χ0n) is 9.82. The molecule has 0 unspecified atom stereocenters. The fourth-order valence-electron chi connectivity index (χ4n) is 1.57. The number of para-hydroxylation sites is 4. The fourth-order valence-corrected chi connectivity index (χ4v) is 1.57. The van der Waals surface area contributed by atoms with Crippen LogP contribution in [0.5, 0.6) is 0 Å². The molecule has 2 aromatic heterocycles. The Kier molecular flexibility index (Phi) is 4.39. The summed E-state index contributed by atoms with van der Waals surface area (Å²) in [6, 6.07) is 15.4. The number of hydrogen-bond acceptors (Lipinski definition) is 4. The molecule has 0 saturated carbocycles. The van der Waals surface area contributed by atoms with Crippen molar-refractivity contribution in [2.24, 2.45) is 0 Å². The number of hydrogen-bond donors (Lipinski definition) is 2. The van der Waals surface area contributed by atoms with Crippen molar-refractivity contribution in [2.75, 3.05) is 0 Å². The minimum Gasteiger partial charge on any atom is -0.197 e. The Balaban J connectivity index is 0.000000133. The lowest BCUT2D eigenvalue weighted by molar-refractivity contribution is 0.959. The van der Waals surface area contributed by atoms with Crippen LogP contribution in [0.15, 0.2) is 48.5 Å². The quantitative estimate of drug-likeness (QED) is 0.469. The highest BCUT2D eigenvalue weighted by atomic mass is 127. The van der Waals surface area contributed by atoms with E-state index in [0.29, 0.717) is 0 Å². The molecule has 4 aromatic rings.